The van der Waals surface area contributed by atoms with Gasteiger partial charge in [0.1, 0.15) is 0 Å². The van der Waals surface area contributed by atoms with Crippen molar-refractivity contribution < 1.29 is 14.7 Å². The van der Waals surface area contributed by atoms with Crippen LogP contribution >= 0.6 is 0 Å². The number of carboxylic acid groups (broad SMARTS) is 1. The summed E-state index contributed by atoms with van der Waals surface area (Å²) >= 11 is 0. The van der Waals surface area contributed by atoms with Crippen molar-refractivity contribution in [3.63, 3.8) is 0 Å². The monoisotopic (exact) mass is 282 g/mol. The third-order valence-corrected chi connectivity index (χ3v) is 5.00. The Morgan fingerprint density at radius 3 is 2.35 bits per heavy atom. The van der Waals surface area contributed by atoms with E-state index in [-0.39, 0.29) is 11.4 Å². The van der Waals surface area contributed by atoms with Gasteiger partial charge in [-0.2, -0.15) is 0 Å². The molecule has 2 aliphatic rings. The van der Waals surface area contributed by atoms with Crippen LogP contribution in [0, 0.1) is 10.8 Å². The molecular formula is C15H26N2O3. The maximum Gasteiger partial charge on any atom is 0.317 e. The number of nitrogens with zero attached hydrogens (tertiary/aromatic N) is 1. The molecule has 2 N–H and O–H groups in total. The summed E-state index contributed by atoms with van der Waals surface area (Å²) in [4.78, 5) is 25.0. The van der Waals surface area contributed by atoms with Crippen LogP contribution in [0.2, 0.25) is 0 Å². The average Bonchev–Trinajstić information content (AvgIpc) is 2.81. The van der Waals surface area contributed by atoms with Crippen molar-refractivity contribution in [3.05, 3.63) is 0 Å². The summed E-state index contributed by atoms with van der Waals surface area (Å²) in [6.07, 6.45) is 6.65. The van der Waals surface area contributed by atoms with Crippen LogP contribution in [0.1, 0.15) is 52.4 Å². The van der Waals surface area contributed by atoms with Gasteiger partial charge in [-0.25, -0.2) is 4.79 Å². The lowest BCUT2D eigenvalue weighted by atomic mass is 9.76. The largest absolute Gasteiger partial charge is 0.481 e. The minimum atomic E-state index is -0.813. The summed E-state index contributed by atoms with van der Waals surface area (Å²) < 4.78 is 0. The van der Waals surface area contributed by atoms with Gasteiger partial charge in [-0.3, -0.25) is 4.79 Å². The van der Waals surface area contributed by atoms with E-state index in [1.54, 1.807) is 11.8 Å². The molecule has 20 heavy (non-hydrogen) atoms. The highest BCUT2D eigenvalue weighted by Gasteiger charge is 2.42. The van der Waals surface area contributed by atoms with Gasteiger partial charge in [0.15, 0.2) is 0 Å². The molecular weight excluding hydrogens is 256 g/mol. The fourth-order valence-corrected chi connectivity index (χ4v) is 3.29. The Balaban J connectivity index is 1.83. The fourth-order valence-electron chi connectivity index (χ4n) is 3.29. The first-order chi connectivity index (χ1) is 9.35. The van der Waals surface area contributed by atoms with Crippen molar-refractivity contribution in [2.24, 2.45) is 10.8 Å². The van der Waals surface area contributed by atoms with Gasteiger partial charge < -0.3 is 15.3 Å². The maximum atomic E-state index is 12.2. The van der Waals surface area contributed by atoms with E-state index in [4.69, 9.17) is 0 Å². The van der Waals surface area contributed by atoms with Crippen LogP contribution in [0.3, 0.4) is 0 Å². The number of hydrogen-bond donors (Lipinski definition) is 2. The molecule has 0 bridgehead atoms. The Bertz CT molecular complexity index is 391. The number of urea groups is 1. The quantitative estimate of drug-likeness (QED) is 0.835. The molecule has 1 aliphatic heterocycles. The fraction of sp³-hybridized carbons (Fsp3) is 0.867. The Hall–Kier alpha value is -1.26. The Kier molecular flexibility index (Phi) is 4.25. The molecule has 1 aliphatic carbocycles. The van der Waals surface area contributed by atoms with Gasteiger partial charge >= 0.3 is 12.0 Å². The van der Waals surface area contributed by atoms with Crippen LogP contribution in [0.5, 0.6) is 0 Å². The second-order valence-electron chi connectivity index (χ2n) is 7.07. The molecule has 0 radical (unpaired) electrons. The summed E-state index contributed by atoms with van der Waals surface area (Å²) in [5.74, 6) is -0.813. The van der Waals surface area contributed by atoms with E-state index >= 15 is 0 Å². The highest BCUT2D eigenvalue weighted by atomic mass is 16.4. The molecule has 114 valence electrons. The molecule has 0 aromatic rings. The third-order valence-electron chi connectivity index (χ3n) is 5.00. The number of carbonyl (C=O) groups excluding carboxylic acids is 1. The van der Waals surface area contributed by atoms with Crippen LogP contribution in [-0.4, -0.2) is 41.6 Å². The molecule has 1 heterocycles. The average molecular weight is 282 g/mol. The zero-order valence-electron chi connectivity index (χ0n) is 12.6. The third kappa shape index (κ3) is 3.25. The summed E-state index contributed by atoms with van der Waals surface area (Å²) in [5, 5.41) is 12.2. The number of rotatable bonds is 3. The van der Waals surface area contributed by atoms with Crippen molar-refractivity contribution in [1.29, 1.82) is 0 Å². The number of likely N-dealkylation sites (tertiary alicyclic amines) is 1. The van der Waals surface area contributed by atoms with Crippen LogP contribution in [0.25, 0.3) is 0 Å². The minimum absolute atomic E-state index is 0.109. The molecule has 5 nitrogen and oxygen atoms in total. The zero-order chi connectivity index (χ0) is 14.8. The lowest BCUT2D eigenvalue weighted by Gasteiger charge is -2.34. The van der Waals surface area contributed by atoms with Crippen molar-refractivity contribution in [1.82, 2.24) is 10.2 Å². The van der Waals surface area contributed by atoms with Gasteiger partial charge in [0.25, 0.3) is 0 Å². The van der Waals surface area contributed by atoms with E-state index in [0.717, 1.165) is 0 Å². The highest BCUT2D eigenvalue weighted by molar-refractivity contribution is 5.79. The van der Waals surface area contributed by atoms with Crippen LogP contribution in [-0.2, 0) is 4.79 Å². The van der Waals surface area contributed by atoms with E-state index in [1.807, 2.05) is 0 Å². The number of carbonyl (C=O) groups is 2. The van der Waals surface area contributed by atoms with Crippen molar-refractivity contribution in [3.8, 4) is 0 Å². The van der Waals surface area contributed by atoms with Crippen molar-refractivity contribution in [2.45, 2.75) is 52.4 Å². The number of amides is 2. The zero-order valence-corrected chi connectivity index (χ0v) is 12.6. The van der Waals surface area contributed by atoms with Crippen LogP contribution < -0.4 is 5.32 Å². The maximum absolute atomic E-state index is 12.2. The predicted molar refractivity (Wildman–Crippen MR) is 76.5 cm³/mol. The van der Waals surface area contributed by atoms with E-state index < -0.39 is 11.4 Å². The molecule has 2 amide bonds. The Morgan fingerprint density at radius 2 is 1.80 bits per heavy atom. The summed E-state index contributed by atoms with van der Waals surface area (Å²) in [7, 11) is 0. The van der Waals surface area contributed by atoms with Gasteiger partial charge in [-0.15, -0.1) is 0 Å². The number of aliphatic carboxylic acids is 1. The van der Waals surface area contributed by atoms with E-state index in [0.29, 0.717) is 26.1 Å². The normalized spacial score (nSPS) is 29.2. The molecule has 0 aromatic carbocycles. The molecule has 1 atom stereocenters. The number of nitrogens with one attached hydrogen (secondary N) is 1. The first-order valence-corrected chi connectivity index (χ1v) is 7.61. The van der Waals surface area contributed by atoms with E-state index in [9.17, 15) is 14.7 Å². The summed E-state index contributed by atoms with van der Waals surface area (Å²) in [6, 6.07) is -0.109. The molecule has 1 saturated carbocycles. The topological polar surface area (TPSA) is 69.6 Å². The van der Waals surface area contributed by atoms with Gasteiger partial charge in [0, 0.05) is 19.6 Å². The smallest absolute Gasteiger partial charge is 0.317 e. The molecule has 2 fully saturated rings. The lowest BCUT2D eigenvalue weighted by molar-refractivity contribution is -0.147. The first-order valence-electron chi connectivity index (χ1n) is 7.61. The molecule has 0 spiro atoms. The Labute approximate surface area is 120 Å². The van der Waals surface area contributed by atoms with Crippen molar-refractivity contribution >= 4 is 12.0 Å². The lowest BCUT2D eigenvalue weighted by Crippen LogP contribution is -2.45. The van der Waals surface area contributed by atoms with Gasteiger partial charge in [-0.1, -0.05) is 26.2 Å². The highest BCUT2D eigenvalue weighted by Crippen LogP contribution is 2.35. The van der Waals surface area contributed by atoms with Gasteiger partial charge in [-0.05, 0) is 31.6 Å². The van der Waals surface area contributed by atoms with Gasteiger partial charge in [0.2, 0.25) is 0 Å². The molecule has 5 heteroatoms. The van der Waals surface area contributed by atoms with Crippen molar-refractivity contribution in [2.75, 3.05) is 19.6 Å². The molecule has 0 aromatic heterocycles. The minimum Gasteiger partial charge on any atom is -0.481 e. The second-order valence-corrected chi connectivity index (χ2v) is 7.07. The number of hydrogen-bond acceptors (Lipinski definition) is 2. The second kappa shape index (κ2) is 5.62. The SMILES string of the molecule is CC1(CNC(=O)N2CCC(C)(C(=O)O)C2)CCCCC1. The molecule has 2 rings (SSSR count). The van der Waals surface area contributed by atoms with Crippen LogP contribution in [0.15, 0.2) is 0 Å². The summed E-state index contributed by atoms with van der Waals surface area (Å²) in [5.41, 5.74) is -0.574. The number of carboxylic acids is 1. The predicted octanol–water partition coefficient (Wildman–Crippen LogP) is 2.46. The van der Waals surface area contributed by atoms with Crippen LogP contribution in [0.4, 0.5) is 4.79 Å². The van der Waals surface area contributed by atoms with E-state index in [1.165, 1.54) is 32.1 Å². The molecule has 1 saturated heterocycles. The Morgan fingerprint density at radius 1 is 1.15 bits per heavy atom. The molecule has 1 unspecified atom stereocenters. The van der Waals surface area contributed by atoms with E-state index in [2.05, 4.69) is 12.2 Å². The first kappa shape index (κ1) is 15.1. The standard InChI is InChI=1S/C15H26N2O3/c1-14(6-4-3-5-7-14)10-16-13(20)17-9-8-15(2,11-17)12(18)19/h3-11H2,1-2H3,(H,16,20)(H,18,19). The summed E-state index contributed by atoms with van der Waals surface area (Å²) in [6.45, 7) is 5.49. The van der Waals surface area contributed by atoms with Gasteiger partial charge in [0.05, 0.1) is 5.41 Å².